The third-order valence-corrected chi connectivity index (χ3v) is 4.60. The normalized spacial score (nSPS) is 19.8. The molecule has 3 rings (SSSR count). The van der Waals surface area contributed by atoms with Crippen LogP contribution < -0.4 is 14.8 Å². The van der Waals surface area contributed by atoms with Gasteiger partial charge in [0.15, 0.2) is 11.5 Å². The van der Waals surface area contributed by atoms with Gasteiger partial charge in [-0.25, -0.2) is 0 Å². The highest BCUT2D eigenvalue weighted by Crippen LogP contribution is 2.43. The number of benzene rings is 1. The van der Waals surface area contributed by atoms with Crippen LogP contribution in [0.1, 0.15) is 38.2 Å². The highest BCUT2D eigenvalue weighted by atomic mass is 16.6. The largest absolute Gasteiger partial charge is 0.486 e. The molecule has 0 unspecified atom stereocenters. The predicted octanol–water partition coefficient (Wildman–Crippen LogP) is 3.13. The Morgan fingerprint density at radius 1 is 1.16 bits per heavy atom. The Balaban J connectivity index is 1.55. The van der Waals surface area contributed by atoms with Crippen LogP contribution in [0.25, 0.3) is 0 Å². The van der Waals surface area contributed by atoms with E-state index in [0.717, 1.165) is 24.6 Å². The Labute approximate surface area is 115 Å². The molecule has 104 valence electrons. The lowest BCUT2D eigenvalue weighted by atomic mass is 9.67. The second-order valence-electron chi connectivity index (χ2n) is 5.79. The molecule has 3 nitrogen and oxygen atoms in total. The van der Waals surface area contributed by atoms with Crippen molar-refractivity contribution in [2.75, 3.05) is 19.8 Å². The van der Waals surface area contributed by atoms with Crippen molar-refractivity contribution in [3.05, 3.63) is 23.8 Å². The molecule has 0 saturated heterocycles. The molecule has 0 radical (unpaired) electrons. The summed E-state index contributed by atoms with van der Waals surface area (Å²) < 4.78 is 11.1. The third kappa shape index (κ3) is 2.71. The summed E-state index contributed by atoms with van der Waals surface area (Å²) in [6, 6.07) is 6.24. The fourth-order valence-corrected chi connectivity index (χ4v) is 3.00. The maximum atomic E-state index is 5.61. The standard InChI is InChI=1S/C16H23NO2/c1-2-16(6-3-7-16)12-17-11-13-4-5-14-15(10-13)19-9-8-18-14/h4-5,10,17H,2-3,6-9,11-12H2,1H3. The van der Waals surface area contributed by atoms with E-state index in [-0.39, 0.29) is 0 Å². The second kappa shape index (κ2) is 5.41. The summed E-state index contributed by atoms with van der Waals surface area (Å²) in [5.41, 5.74) is 1.85. The zero-order chi connectivity index (χ0) is 13.1. The predicted molar refractivity (Wildman–Crippen MR) is 75.7 cm³/mol. The van der Waals surface area contributed by atoms with Crippen LogP contribution >= 0.6 is 0 Å². The topological polar surface area (TPSA) is 30.5 Å². The third-order valence-electron chi connectivity index (χ3n) is 4.60. The fourth-order valence-electron chi connectivity index (χ4n) is 3.00. The molecule has 1 N–H and O–H groups in total. The van der Waals surface area contributed by atoms with Gasteiger partial charge in [-0.05, 0) is 42.4 Å². The fraction of sp³-hybridized carbons (Fsp3) is 0.625. The van der Waals surface area contributed by atoms with E-state index in [4.69, 9.17) is 9.47 Å². The van der Waals surface area contributed by atoms with Crippen LogP contribution in [0.4, 0.5) is 0 Å². The maximum absolute atomic E-state index is 5.61. The molecule has 0 bridgehead atoms. The van der Waals surface area contributed by atoms with Crippen molar-refractivity contribution in [1.82, 2.24) is 5.32 Å². The molecule has 1 aliphatic heterocycles. The van der Waals surface area contributed by atoms with Gasteiger partial charge < -0.3 is 14.8 Å². The summed E-state index contributed by atoms with van der Waals surface area (Å²) in [4.78, 5) is 0. The van der Waals surface area contributed by atoms with Gasteiger partial charge in [-0.1, -0.05) is 19.4 Å². The first-order chi connectivity index (χ1) is 9.31. The summed E-state index contributed by atoms with van der Waals surface area (Å²) in [6.45, 7) is 5.67. The van der Waals surface area contributed by atoms with E-state index in [9.17, 15) is 0 Å². The van der Waals surface area contributed by atoms with Crippen molar-refractivity contribution in [3.8, 4) is 11.5 Å². The van der Waals surface area contributed by atoms with Gasteiger partial charge in [-0.3, -0.25) is 0 Å². The summed E-state index contributed by atoms with van der Waals surface area (Å²) in [7, 11) is 0. The first kappa shape index (κ1) is 12.8. The van der Waals surface area contributed by atoms with Crippen molar-refractivity contribution in [3.63, 3.8) is 0 Å². The van der Waals surface area contributed by atoms with Gasteiger partial charge in [0.05, 0.1) is 0 Å². The van der Waals surface area contributed by atoms with Gasteiger partial charge in [0.1, 0.15) is 13.2 Å². The van der Waals surface area contributed by atoms with E-state index >= 15 is 0 Å². The smallest absolute Gasteiger partial charge is 0.161 e. The van der Waals surface area contributed by atoms with Crippen LogP contribution in [0, 0.1) is 5.41 Å². The molecule has 2 aliphatic rings. The molecule has 1 aliphatic carbocycles. The highest BCUT2D eigenvalue weighted by molar-refractivity contribution is 5.43. The van der Waals surface area contributed by atoms with Crippen molar-refractivity contribution in [2.24, 2.45) is 5.41 Å². The molecule has 0 atom stereocenters. The quantitative estimate of drug-likeness (QED) is 0.883. The number of fused-ring (bicyclic) bond motifs is 1. The molecule has 0 spiro atoms. The number of ether oxygens (including phenoxy) is 2. The van der Waals surface area contributed by atoms with Crippen molar-refractivity contribution < 1.29 is 9.47 Å². The van der Waals surface area contributed by atoms with Crippen LogP contribution in [-0.2, 0) is 6.54 Å². The Morgan fingerprint density at radius 3 is 2.63 bits per heavy atom. The van der Waals surface area contributed by atoms with Gasteiger partial charge in [0.25, 0.3) is 0 Å². The van der Waals surface area contributed by atoms with E-state index in [1.54, 1.807) is 0 Å². The first-order valence-electron chi connectivity index (χ1n) is 7.41. The summed E-state index contributed by atoms with van der Waals surface area (Å²) in [5.74, 6) is 1.76. The first-order valence-corrected chi connectivity index (χ1v) is 7.41. The minimum absolute atomic E-state index is 0.577. The van der Waals surface area contributed by atoms with Gasteiger partial charge in [-0.2, -0.15) is 0 Å². The number of hydrogen-bond donors (Lipinski definition) is 1. The average molecular weight is 261 g/mol. The molecule has 3 heteroatoms. The minimum atomic E-state index is 0.577. The van der Waals surface area contributed by atoms with E-state index in [0.29, 0.717) is 18.6 Å². The molecular formula is C16H23NO2. The molecular weight excluding hydrogens is 238 g/mol. The molecule has 1 saturated carbocycles. The Morgan fingerprint density at radius 2 is 1.95 bits per heavy atom. The molecule has 1 aromatic carbocycles. The summed E-state index contributed by atoms with van der Waals surface area (Å²) >= 11 is 0. The lowest BCUT2D eigenvalue weighted by Crippen LogP contribution is -2.39. The van der Waals surface area contributed by atoms with E-state index in [1.165, 1.54) is 31.2 Å². The van der Waals surface area contributed by atoms with Gasteiger partial charge >= 0.3 is 0 Å². The van der Waals surface area contributed by atoms with E-state index < -0.39 is 0 Å². The zero-order valence-corrected chi connectivity index (χ0v) is 11.7. The molecule has 1 heterocycles. The summed E-state index contributed by atoms with van der Waals surface area (Å²) in [6.07, 6.45) is 5.47. The lowest BCUT2D eigenvalue weighted by Gasteiger charge is -2.41. The van der Waals surface area contributed by atoms with Crippen molar-refractivity contribution in [1.29, 1.82) is 0 Å². The van der Waals surface area contributed by atoms with Gasteiger partial charge in [-0.15, -0.1) is 0 Å². The van der Waals surface area contributed by atoms with Gasteiger partial charge in [0, 0.05) is 13.1 Å². The molecule has 19 heavy (non-hydrogen) atoms. The van der Waals surface area contributed by atoms with Crippen molar-refractivity contribution in [2.45, 2.75) is 39.2 Å². The summed E-state index contributed by atoms with van der Waals surface area (Å²) in [5, 5.41) is 3.61. The Bertz CT molecular complexity index is 435. The molecule has 1 fully saturated rings. The Kier molecular flexibility index (Phi) is 3.65. The number of nitrogens with one attached hydrogen (secondary N) is 1. The monoisotopic (exact) mass is 261 g/mol. The Hall–Kier alpha value is -1.22. The molecule has 0 amide bonds. The zero-order valence-electron chi connectivity index (χ0n) is 11.7. The number of rotatable bonds is 5. The lowest BCUT2D eigenvalue weighted by molar-refractivity contribution is 0.123. The van der Waals surface area contributed by atoms with Crippen LogP contribution in [0.15, 0.2) is 18.2 Å². The molecule has 0 aromatic heterocycles. The van der Waals surface area contributed by atoms with Crippen LogP contribution in [0.2, 0.25) is 0 Å². The van der Waals surface area contributed by atoms with Crippen LogP contribution in [0.5, 0.6) is 11.5 Å². The second-order valence-corrected chi connectivity index (χ2v) is 5.79. The minimum Gasteiger partial charge on any atom is -0.486 e. The molecule has 1 aromatic rings. The van der Waals surface area contributed by atoms with Crippen molar-refractivity contribution >= 4 is 0 Å². The van der Waals surface area contributed by atoms with Crippen LogP contribution in [0.3, 0.4) is 0 Å². The SMILES string of the molecule is CCC1(CNCc2ccc3c(c2)OCCO3)CCC1. The van der Waals surface area contributed by atoms with E-state index in [1.807, 2.05) is 6.07 Å². The number of hydrogen-bond acceptors (Lipinski definition) is 3. The van der Waals surface area contributed by atoms with E-state index in [2.05, 4.69) is 24.4 Å². The maximum Gasteiger partial charge on any atom is 0.161 e. The van der Waals surface area contributed by atoms with Gasteiger partial charge in [0.2, 0.25) is 0 Å². The van der Waals surface area contributed by atoms with Crippen LogP contribution in [-0.4, -0.2) is 19.8 Å². The average Bonchev–Trinajstić information content (AvgIpc) is 2.42. The highest BCUT2D eigenvalue weighted by Gasteiger charge is 2.34.